The second-order valence-corrected chi connectivity index (χ2v) is 4.10. The molecule has 0 aliphatic carbocycles. The molecule has 0 aliphatic rings. The topological polar surface area (TPSA) is 105 Å². The molecule has 6 heteroatoms. The van der Waals surface area contributed by atoms with Crippen molar-refractivity contribution in [3.8, 4) is 0 Å². The molecule has 0 spiro atoms. The molecule has 98 valence electrons. The number of carboxylic acid groups (broad SMARTS) is 1. The standard InChI is InChI=1S/C13H13N3O3/c14-10(6-12(17)18)13(19)16-11-3-1-2-8-4-5-15-7-9(8)11/h1-5,7,10H,6,14H2,(H,16,19)(H,17,18). The number of nitrogens with one attached hydrogen (secondary N) is 1. The Morgan fingerprint density at radius 2 is 2.16 bits per heavy atom. The Labute approximate surface area is 109 Å². The molecule has 0 aliphatic heterocycles. The number of amides is 1. The van der Waals surface area contributed by atoms with Gasteiger partial charge in [0, 0.05) is 17.8 Å². The fourth-order valence-corrected chi connectivity index (χ4v) is 1.73. The second-order valence-electron chi connectivity index (χ2n) is 4.10. The van der Waals surface area contributed by atoms with Gasteiger partial charge in [-0.3, -0.25) is 14.6 Å². The van der Waals surface area contributed by atoms with Crippen LogP contribution >= 0.6 is 0 Å². The van der Waals surface area contributed by atoms with Gasteiger partial charge in [0.1, 0.15) is 0 Å². The summed E-state index contributed by atoms with van der Waals surface area (Å²) in [5, 5.41) is 12.9. The van der Waals surface area contributed by atoms with Crippen LogP contribution in [0.4, 0.5) is 5.69 Å². The minimum atomic E-state index is -1.11. The van der Waals surface area contributed by atoms with E-state index in [1.807, 2.05) is 12.1 Å². The summed E-state index contributed by atoms with van der Waals surface area (Å²) >= 11 is 0. The van der Waals surface area contributed by atoms with Crippen LogP contribution in [-0.4, -0.2) is 28.0 Å². The molecule has 1 amide bonds. The van der Waals surface area contributed by atoms with Crippen LogP contribution in [-0.2, 0) is 9.59 Å². The van der Waals surface area contributed by atoms with Crippen molar-refractivity contribution in [1.82, 2.24) is 4.98 Å². The lowest BCUT2D eigenvalue weighted by Gasteiger charge is -2.12. The Kier molecular flexibility index (Phi) is 3.72. The monoisotopic (exact) mass is 259 g/mol. The van der Waals surface area contributed by atoms with E-state index in [1.54, 1.807) is 24.5 Å². The van der Waals surface area contributed by atoms with E-state index in [9.17, 15) is 9.59 Å². The van der Waals surface area contributed by atoms with Crippen LogP contribution in [0, 0.1) is 0 Å². The molecule has 6 nitrogen and oxygen atoms in total. The molecule has 0 fully saturated rings. The minimum Gasteiger partial charge on any atom is -0.481 e. The molecule has 1 heterocycles. The van der Waals surface area contributed by atoms with Gasteiger partial charge in [0.05, 0.1) is 18.2 Å². The van der Waals surface area contributed by atoms with Crippen LogP contribution in [0.25, 0.3) is 10.8 Å². The largest absolute Gasteiger partial charge is 0.481 e. The maximum atomic E-state index is 11.8. The second kappa shape index (κ2) is 5.45. The highest BCUT2D eigenvalue weighted by molar-refractivity contribution is 6.04. The summed E-state index contributed by atoms with van der Waals surface area (Å²) in [5.74, 6) is -1.64. The first-order chi connectivity index (χ1) is 9.08. The lowest BCUT2D eigenvalue weighted by Crippen LogP contribution is -2.37. The van der Waals surface area contributed by atoms with Gasteiger partial charge in [-0.1, -0.05) is 12.1 Å². The molecular formula is C13H13N3O3. The number of hydrogen-bond acceptors (Lipinski definition) is 4. The third kappa shape index (κ3) is 3.05. The van der Waals surface area contributed by atoms with E-state index in [-0.39, 0.29) is 0 Å². The average molecular weight is 259 g/mol. The van der Waals surface area contributed by atoms with Gasteiger partial charge in [-0.05, 0) is 17.5 Å². The summed E-state index contributed by atoms with van der Waals surface area (Å²) < 4.78 is 0. The normalized spacial score (nSPS) is 12.1. The maximum absolute atomic E-state index is 11.8. The number of aliphatic carboxylic acids is 1. The highest BCUT2D eigenvalue weighted by Crippen LogP contribution is 2.22. The predicted molar refractivity (Wildman–Crippen MR) is 70.6 cm³/mol. The number of pyridine rings is 1. The van der Waals surface area contributed by atoms with Crippen molar-refractivity contribution < 1.29 is 14.7 Å². The smallest absolute Gasteiger partial charge is 0.305 e. The van der Waals surface area contributed by atoms with Crippen LogP contribution in [0.3, 0.4) is 0 Å². The lowest BCUT2D eigenvalue weighted by atomic mass is 10.1. The number of carbonyl (C=O) groups excluding carboxylic acids is 1. The Balaban J connectivity index is 2.22. The zero-order chi connectivity index (χ0) is 13.8. The molecule has 0 bridgehead atoms. The molecule has 1 aromatic heterocycles. The Hall–Kier alpha value is -2.47. The molecule has 2 aromatic rings. The molecule has 1 aromatic carbocycles. The Bertz CT molecular complexity index is 622. The lowest BCUT2D eigenvalue weighted by molar-refractivity contribution is -0.138. The van der Waals surface area contributed by atoms with E-state index < -0.39 is 24.3 Å². The molecule has 4 N–H and O–H groups in total. The Morgan fingerprint density at radius 1 is 1.37 bits per heavy atom. The molecule has 19 heavy (non-hydrogen) atoms. The zero-order valence-electron chi connectivity index (χ0n) is 10.0. The number of nitrogens with zero attached hydrogens (tertiary/aromatic N) is 1. The number of anilines is 1. The summed E-state index contributed by atoms with van der Waals surface area (Å²) in [5.41, 5.74) is 6.07. The first kappa shape index (κ1) is 13.0. The van der Waals surface area contributed by atoms with Gasteiger partial charge in [-0.2, -0.15) is 0 Å². The first-order valence-electron chi connectivity index (χ1n) is 5.69. The summed E-state index contributed by atoms with van der Waals surface area (Å²) in [6, 6.07) is 6.15. The highest BCUT2D eigenvalue weighted by Gasteiger charge is 2.17. The van der Waals surface area contributed by atoms with Crippen molar-refractivity contribution in [3.63, 3.8) is 0 Å². The van der Waals surface area contributed by atoms with Crippen molar-refractivity contribution in [1.29, 1.82) is 0 Å². The number of rotatable bonds is 4. The van der Waals surface area contributed by atoms with Crippen molar-refractivity contribution in [3.05, 3.63) is 36.7 Å². The van der Waals surface area contributed by atoms with Gasteiger partial charge in [-0.15, -0.1) is 0 Å². The van der Waals surface area contributed by atoms with Crippen LogP contribution in [0.1, 0.15) is 6.42 Å². The molecule has 0 radical (unpaired) electrons. The van der Waals surface area contributed by atoms with Crippen molar-refractivity contribution in [2.75, 3.05) is 5.32 Å². The number of fused-ring (bicyclic) bond motifs is 1. The number of nitrogens with two attached hydrogens (primary N) is 1. The van der Waals surface area contributed by atoms with E-state index in [0.29, 0.717) is 5.69 Å². The fourth-order valence-electron chi connectivity index (χ4n) is 1.73. The number of benzene rings is 1. The average Bonchev–Trinajstić information content (AvgIpc) is 2.38. The summed E-state index contributed by atoms with van der Waals surface area (Å²) in [4.78, 5) is 26.3. The van der Waals surface area contributed by atoms with E-state index in [2.05, 4.69) is 10.3 Å². The SMILES string of the molecule is NC(CC(=O)O)C(=O)Nc1cccc2ccncc12. The number of carbonyl (C=O) groups is 2. The summed E-state index contributed by atoms with van der Waals surface area (Å²) in [6.07, 6.45) is 2.88. The van der Waals surface area contributed by atoms with E-state index in [4.69, 9.17) is 10.8 Å². The third-order valence-corrected chi connectivity index (χ3v) is 2.67. The van der Waals surface area contributed by atoms with E-state index in [1.165, 1.54) is 0 Å². The van der Waals surface area contributed by atoms with Crippen molar-refractivity contribution in [2.45, 2.75) is 12.5 Å². The summed E-state index contributed by atoms with van der Waals surface area (Å²) in [7, 11) is 0. The molecule has 0 saturated carbocycles. The van der Waals surface area contributed by atoms with Gasteiger partial charge in [0.2, 0.25) is 5.91 Å². The van der Waals surface area contributed by atoms with Crippen molar-refractivity contribution in [2.24, 2.45) is 5.73 Å². The highest BCUT2D eigenvalue weighted by atomic mass is 16.4. The molecular weight excluding hydrogens is 246 g/mol. The van der Waals surface area contributed by atoms with E-state index in [0.717, 1.165) is 10.8 Å². The minimum absolute atomic E-state index is 0.408. The molecule has 1 atom stereocenters. The first-order valence-corrected chi connectivity index (χ1v) is 5.69. The van der Waals surface area contributed by atoms with Gasteiger partial charge in [0.15, 0.2) is 0 Å². The van der Waals surface area contributed by atoms with Gasteiger partial charge in [0.25, 0.3) is 0 Å². The number of aromatic nitrogens is 1. The van der Waals surface area contributed by atoms with E-state index >= 15 is 0 Å². The number of carboxylic acids is 1. The van der Waals surface area contributed by atoms with Crippen molar-refractivity contribution >= 4 is 28.3 Å². The van der Waals surface area contributed by atoms with Gasteiger partial charge >= 0.3 is 5.97 Å². The van der Waals surface area contributed by atoms with Crippen LogP contribution < -0.4 is 11.1 Å². The number of hydrogen-bond donors (Lipinski definition) is 3. The van der Waals surface area contributed by atoms with Crippen LogP contribution in [0.2, 0.25) is 0 Å². The molecule has 2 rings (SSSR count). The fraction of sp³-hybridized carbons (Fsp3) is 0.154. The molecule has 1 unspecified atom stereocenters. The predicted octanol–water partition coefficient (Wildman–Crippen LogP) is 0.975. The van der Waals surface area contributed by atoms with Crippen LogP contribution in [0.15, 0.2) is 36.7 Å². The Morgan fingerprint density at radius 3 is 2.89 bits per heavy atom. The van der Waals surface area contributed by atoms with Gasteiger partial charge in [-0.25, -0.2) is 0 Å². The van der Waals surface area contributed by atoms with Crippen LogP contribution in [0.5, 0.6) is 0 Å². The maximum Gasteiger partial charge on any atom is 0.305 e. The zero-order valence-corrected chi connectivity index (χ0v) is 10.0. The van der Waals surface area contributed by atoms with Gasteiger partial charge < -0.3 is 16.2 Å². The molecule has 0 saturated heterocycles. The third-order valence-electron chi connectivity index (χ3n) is 2.67. The summed E-state index contributed by atoms with van der Waals surface area (Å²) in [6.45, 7) is 0. The quantitative estimate of drug-likeness (QED) is 0.758.